The number of hydrogen-bond acceptors (Lipinski definition) is 3. The molecule has 2 N–H and O–H groups in total. The predicted molar refractivity (Wildman–Crippen MR) is 67.6 cm³/mol. The van der Waals surface area contributed by atoms with Gasteiger partial charge in [0.05, 0.1) is 23.8 Å². The minimum atomic E-state index is -0.466. The van der Waals surface area contributed by atoms with Crippen molar-refractivity contribution in [2.75, 3.05) is 13.2 Å². The van der Waals surface area contributed by atoms with Crippen LogP contribution in [0, 0.1) is 0 Å². The van der Waals surface area contributed by atoms with Crippen LogP contribution in [0.3, 0.4) is 0 Å². The number of amides is 1. The quantitative estimate of drug-likeness (QED) is 0.847. The summed E-state index contributed by atoms with van der Waals surface area (Å²) in [4.78, 5) is 11.7. The average Bonchev–Trinajstić information content (AvgIpc) is 2.39. The molecule has 0 spiro atoms. The molecule has 0 atom stereocenters. The molecule has 2 heterocycles. The Labute approximate surface area is 110 Å². The third-order valence-corrected chi connectivity index (χ3v) is 3.82. The lowest BCUT2D eigenvalue weighted by molar-refractivity contribution is 0.0992. The molecule has 0 aromatic heterocycles. The van der Waals surface area contributed by atoms with Crippen LogP contribution < -0.4 is 15.2 Å². The lowest BCUT2D eigenvalue weighted by Gasteiger charge is -2.27. The fourth-order valence-electron chi connectivity index (χ4n) is 2.65. The van der Waals surface area contributed by atoms with Crippen molar-refractivity contribution in [2.45, 2.75) is 25.7 Å². The average molecular weight is 268 g/mol. The summed E-state index contributed by atoms with van der Waals surface area (Å²) in [6.45, 7) is 1.23. The maximum absolute atomic E-state index is 11.7. The number of rotatable bonds is 1. The third-order valence-electron chi connectivity index (χ3n) is 3.42. The Bertz CT molecular complexity index is 490. The first-order chi connectivity index (χ1) is 8.70. The molecule has 0 saturated heterocycles. The second-order valence-corrected chi connectivity index (χ2v) is 4.95. The van der Waals surface area contributed by atoms with Gasteiger partial charge in [-0.3, -0.25) is 4.79 Å². The van der Waals surface area contributed by atoms with E-state index in [9.17, 15) is 4.79 Å². The molecule has 1 aromatic carbocycles. The van der Waals surface area contributed by atoms with E-state index in [-0.39, 0.29) is 0 Å². The lowest BCUT2D eigenvalue weighted by Crippen LogP contribution is -2.23. The summed E-state index contributed by atoms with van der Waals surface area (Å²) in [5.41, 5.74) is 7.62. The van der Waals surface area contributed by atoms with Gasteiger partial charge in [0.2, 0.25) is 0 Å². The number of primary amides is 1. The van der Waals surface area contributed by atoms with Crippen molar-refractivity contribution in [3.05, 3.63) is 21.7 Å². The molecule has 18 heavy (non-hydrogen) atoms. The number of carbonyl (C=O) groups excluding carboxylic acids is 1. The van der Waals surface area contributed by atoms with Gasteiger partial charge in [-0.25, -0.2) is 0 Å². The molecule has 2 aliphatic rings. The molecule has 0 unspecified atom stereocenters. The van der Waals surface area contributed by atoms with E-state index in [0.29, 0.717) is 35.3 Å². The normalized spacial score (nSPS) is 17.2. The maximum Gasteiger partial charge on any atom is 0.252 e. The third kappa shape index (κ3) is 1.63. The van der Waals surface area contributed by atoms with Gasteiger partial charge in [0.1, 0.15) is 11.5 Å². The van der Waals surface area contributed by atoms with Gasteiger partial charge in [-0.15, -0.1) is 0 Å². The summed E-state index contributed by atoms with van der Waals surface area (Å²) in [6, 6.07) is 0. The van der Waals surface area contributed by atoms with E-state index in [4.69, 9.17) is 26.8 Å². The zero-order valence-electron chi connectivity index (χ0n) is 9.92. The molecule has 2 aliphatic heterocycles. The predicted octanol–water partition coefficient (Wildman–Crippen LogP) is 2.09. The Morgan fingerprint density at radius 1 is 1.06 bits per heavy atom. The van der Waals surface area contributed by atoms with Gasteiger partial charge in [-0.2, -0.15) is 0 Å². The van der Waals surface area contributed by atoms with Crippen LogP contribution in [-0.2, 0) is 12.8 Å². The molecule has 0 fully saturated rings. The minimum absolute atomic E-state index is 0.462. The van der Waals surface area contributed by atoms with E-state index in [2.05, 4.69) is 0 Å². The van der Waals surface area contributed by atoms with Crippen molar-refractivity contribution in [1.82, 2.24) is 0 Å². The van der Waals surface area contributed by atoms with Crippen LogP contribution in [-0.4, -0.2) is 19.1 Å². The largest absolute Gasteiger partial charge is 0.492 e. The molecule has 96 valence electrons. The molecule has 0 aliphatic carbocycles. The van der Waals surface area contributed by atoms with Gasteiger partial charge in [0.25, 0.3) is 5.91 Å². The Morgan fingerprint density at radius 3 is 2.33 bits per heavy atom. The second-order valence-electron chi connectivity index (χ2n) is 4.57. The van der Waals surface area contributed by atoms with Crippen LogP contribution in [0.4, 0.5) is 0 Å². The minimum Gasteiger partial charge on any atom is -0.492 e. The molecule has 0 bridgehead atoms. The van der Waals surface area contributed by atoms with Crippen LogP contribution in [0.2, 0.25) is 5.02 Å². The topological polar surface area (TPSA) is 61.6 Å². The van der Waals surface area contributed by atoms with E-state index >= 15 is 0 Å². The van der Waals surface area contributed by atoms with E-state index < -0.39 is 5.91 Å². The first-order valence-electron chi connectivity index (χ1n) is 6.12. The van der Waals surface area contributed by atoms with Crippen molar-refractivity contribution in [2.24, 2.45) is 5.73 Å². The SMILES string of the molecule is NC(=O)c1c2c(c(Cl)c3c1OCCC3)OCCC2. The Balaban J connectivity index is 2.31. The number of fused-ring (bicyclic) bond motifs is 2. The number of halogens is 1. The summed E-state index contributed by atoms with van der Waals surface area (Å²) >= 11 is 6.36. The zero-order valence-corrected chi connectivity index (χ0v) is 10.7. The summed E-state index contributed by atoms with van der Waals surface area (Å²) < 4.78 is 11.2. The summed E-state index contributed by atoms with van der Waals surface area (Å²) in [5.74, 6) is 0.732. The second kappa shape index (κ2) is 4.35. The molecule has 1 aromatic rings. The highest BCUT2D eigenvalue weighted by Crippen LogP contribution is 2.45. The highest BCUT2D eigenvalue weighted by molar-refractivity contribution is 6.33. The molecule has 1 amide bonds. The van der Waals surface area contributed by atoms with Crippen LogP contribution in [0.25, 0.3) is 0 Å². The smallest absolute Gasteiger partial charge is 0.252 e. The lowest BCUT2D eigenvalue weighted by atomic mass is 9.92. The summed E-state index contributed by atoms with van der Waals surface area (Å²) in [6.07, 6.45) is 3.31. The first kappa shape index (κ1) is 11.7. The molecule has 0 radical (unpaired) electrons. The van der Waals surface area contributed by atoms with Gasteiger partial charge in [-0.1, -0.05) is 11.6 Å². The number of hydrogen-bond donors (Lipinski definition) is 1. The van der Waals surface area contributed by atoms with Crippen molar-refractivity contribution < 1.29 is 14.3 Å². The van der Waals surface area contributed by atoms with Crippen molar-refractivity contribution in [1.29, 1.82) is 0 Å². The molecular weight excluding hydrogens is 254 g/mol. The van der Waals surface area contributed by atoms with Crippen molar-refractivity contribution in [3.63, 3.8) is 0 Å². The van der Waals surface area contributed by atoms with Gasteiger partial charge >= 0.3 is 0 Å². The van der Waals surface area contributed by atoms with Crippen LogP contribution in [0.15, 0.2) is 0 Å². The molecular formula is C13H14ClNO3. The first-order valence-corrected chi connectivity index (χ1v) is 6.50. The van der Waals surface area contributed by atoms with E-state index in [1.807, 2.05) is 0 Å². The Hall–Kier alpha value is -1.42. The maximum atomic E-state index is 11.7. The summed E-state index contributed by atoms with van der Waals surface area (Å²) in [7, 11) is 0. The van der Waals surface area contributed by atoms with Crippen LogP contribution >= 0.6 is 11.6 Å². The molecule has 0 saturated carbocycles. The van der Waals surface area contributed by atoms with Crippen LogP contribution in [0.5, 0.6) is 11.5 Å². The number of nitrogens with two attached hydrogens (primary N) is 1. The van der Waals surface area contributed by atoms with Crippen molar-refractivity contribution >= 4 is 17.5 Å². The zero-order chi connectivity index (χ0) is 12.7. The van der Waals surface area contributed by atoms with Gasteiger partial charge in [-0.05, 0) is 25.7 Å². The number of benzene rings is 1. The molecule has 3 rings (SSSR count). The molecule has 5 heteroatoms. The summed E-state index contributed by atoms with van der Waals surface area (Å²) in [5, 5.41) is 0.587. The van der Waals surface area contributed by atoms with E-state index in [0.717, 1.165) is 36.8 Å². The van der Waals surface area contributed by atoms with E-state index in [1.165, 1.54) is 0 Å². The Morgan fingerprint density at radius 2 is 1.67 bits per heavy atom. The van der Waals surface area contributed by atoms with Crippen LogP contribution in [0.1, 0.15) is 34.3 Å². The number of carbonyl (C=O) groups is 1. The van der Waals surface area contributed by atoms with Crippen molar-refractivity contribution in [3.8, 4) is 11.5 Å². The monoisotopic (exact) mass is 267 g/mol. The standard InChI is InChI=1S/C13H14ClNO3/c14-10-8-4-2-5-17-11(8)9(13(15)16)7-3-1-6-18-12(7)10/h1-6H2,(H2,15,16). The van der Waals surface area contributed by atoms with Gasteiger partial charge in [0, 0.05) is 11.1 Å². The molecule has 4 nitrogen and oxygen atoms in total. The number of ether oxygens (including phenoxy) is 2. The fraction of sp³-hybridized carbons (Fsp3) is 0.462. The highest BCUT2D eigenvalue weighted by Gasteiger charge is 2.30. The highest BCUT2D eigenvalue weighted by atomic mass is 35.5. The van der Waals surface area contributed by atoms with E-state index in [1.54, 1.807) is 0 Å². The Kier molecular flexibility index (Phi) is 2.82. The van der Waals surface area contributed by atoms with Gasteiger partial charge < -0.3 is 15.2 Å². The van der Waals surface area contributed by atoms with Gasteiger partial charge in [0.15, 0.2) is 0 Å². The fourth-order valence-corrected chi connectivity index (χ4v) is 3.00.